The maximum atomic E-state index is 12.7. The summed E-state index contributed by atoms with van der Waals surface area (Å²) in [5.74, 6) is -0.150. The Balaban J connectivity index is 1.66. The van der Waals surface area contributed by atoms with Crippen molar-refractivity contribution < 1.29 is 14.3 Å². The van der Waals surface area contributed by atoms with Crippen LogP contribution in [0.1, 0.15) is 34.3 Å². The normalized spacial score (nSPS) is 20.2. The van der Waals surface area contributed by atoms with Crippen LogP contribution in [0.3, 0.4) is 0 Å². The Labute approximate surface area is 136 Å². The molecule has 0 bridgehead atoms. The molecule has 1 aromatic carbocycles. The number of ether oxygens (including phenoxy) is 1. The van der Waals surface area contributed by atoms with Crippen LogP contribution < -0.4 is 11.1 Å². The molecule has 2 heterocycles. The van der Waals surface area contributed by atoms with E-state index in [1.807, 2.05) is 18.2 Å². The van der Waals surface area contributed by atoms with Gasteiger partial charge in [0.25, 0.3) is 5.91 Å². The minimum absolute atomic E-state index is 0.00368. The van der Waals surface area contributed by atoms with Crippen molar-refractivity contribution in [2.24, 2.45) is 11.7 Å². The van der Waals surface area contributed by atoms with Crippen molar-refractivity contribution in [1.29, 1.82) is 0 Å². The Morgan fingerprint density at radius 3 is 2.96 bits per heavy atom. The van der Waals surface area contributed by atoms with Crippen LogP contribution in [0, 0.1) is 5.92 Å². The number of likely N-dealkylation sites (tertiary alicyclic amines) is 1. The van der Waals surface area contributed by atoms with Gasteiger partial charge in [-0.05, 0) is 36.1 Å². The smallest absolute Gasteiger partial charge is 0.253 e. The van der Waals surface area contributed by atoms with E-state index in [2.05, 4.69) is 5.32 Å². The molecule has 2 aliphatic rings. The standard InChI is InChI=1S/C17H23N3O3/c18-5-6-19-16(21)13-2-1-7-20(9-13)17(22)12-3-4-14-10-23-11-15(14)8-12/h3-4,8,13H,1-2,5-7,9-11,18H2,(H,19,21). The van der Waals surface area contributed by atoms with Crippen molar-refractivity contribution in [3.05, 3.63) is 34.9 Å². The Bertz CT molecular complexity index is 603. The fourth-order valence-corrected chi connectivity index (χ4v) is 3.20. The van der Waals surface area contributed by atoms with Crippen LogP contribution in [0.5, 0.6) is 0 Å². The topological polar surface area (TPSA) is 84.7 Å². The van der Waals surface area contributed by atoms with Gasteiger partial charge in [-0.15, -0.1) is 0 Å². The molecule has 3 rings (SSSR count). The minimum Gasteiger partial charge on any atom is -0.372 e. The summed E-state index contributed by atoms with van der Waals surface area (Å²) in [6.07, 6.45) is 1.67. The molecule has 6 nitrogen and oxygen atoms in total. The van der Waals surface area contributed by atoms with Gasteiger partial charge in [0, 0.05) is 31.7 Å². The fourth-order valence-electron chi connectivity index (χ4n) is 3.20. The molecule has 0 saturated carbocycles. The zero-order valence-electron chi connectivity index (χ0n) is 13.2. The number of piperidine rings is 1. The van der Waals surface area contributed by atoms with E-state index in [0.717, 1.165) is 24.0 Å². The highest BCUT2D eigenvalue weighted by Gasteiger charge is 2.29. The van der Waals surface area contributed by atoms with Crippen molar-refractivity contribution in [3.8, 4) is 0 Å². The van der Waals surface area contributed by atoms with Gasteiger partial charge in [0.15, 0.2) is 0 Å². The second-order valence-corrected chi connectivity index (χ2v) is 6.15. The molecule has 2 amide bonds. The first-order valence-corrected chi connectivity index (χ1v) is 8.15. The van der Waals surface area contributed by atoms with Crippen molar-refractivity contribution in [3.63, 3.8) is 0 Å². The van der Waals surface area contributed by atoms with Crippen LogP contribution in [-0.2, 0) is 22.7 Å². The van der Waals surface area contributed by atoms with Gasteiger partial charge in [0.1, 0.15) is 0 Å². The molecule has 1 unspecified atom stereocenters. The average Bonchev–Trinajstić information content (AvgIpc) is 3.06. The summed E-state index contributed by atoms with van der Waals surface area (Å²) in [6.45, 7) is 3.28. The van der Waals surface area contributed by atoms with Gasteiger partial charge in [0.2, 0.25) is 5.91 Å². The van der Waals surface area contributed by atoms with Gasteiger partial charge >= 0.3 is 0 Å². The average molecular weight is 317 g/mol. The third kappa shape index (κ3) is 3.54. The van der Waals surface area contributed by atoms with E-state index in [1.165, 1.54) is 0 Å². The zero-order valence-corrected chi connectivity index (χ0v) is 13.2. The van der Waals surface area contributed by atoms with Crippen LogP contribution in [0.2, 0.25) is 0 Å². The van der Waals surface area contributed by atoms with Crippen molar-refractivity contribution in [1.82, 2.24) is 10.2 Å². The summed E-state index contributed by atoms with van der Waals surface area (Å²) < 4.78 is 5.39. The number of benzene rings is 1. The molecule has 1 aromatic rings. The first-order valence-electron chi connectivity index (χ1n) is 8.15. The van der Waals surface area contributed by atoms with Crippen LogP contribution in [0.15, 0.2) is 18.2 Å². The molecule has 1 atom stereocenters. The van der Waals surface area contributed by atoms with Crippen LogP contribution in [-0.4, -0.2) is 42.9 Å². The molecule has 3 N–H and O–H groups in total. The van der Waals surface area contributed by atoms with E-state index in [9.17, 15) is 9.59 Å². The van der Waals surface area contributed by atoms with Crippen LogP contribution in [0.4, 0.5) is 0 Å². The summed E-state index contributed by atoms with van der Waals surface area (Å²) in [6, 6.07) is 5.74. The Morgan fingerprint density at radius 2 is 2.13 bits per heavy atom. The summed E-state index contributed by atoms with van der Waals surface area (Å²) >= 11 is 0. The molecule has 0 spiro atoms. The molecule has 0 radical (unpaired) electrons. The third-order valence-corrected chi connectivity index (χ3v) is 4.49. The molecule has 0 aromatic heterocycles. The predicted octanol–water partition coefficient (Wildman–Crippen LogP) is 0.644. The Morgan fingerprint density at radius 1 is 1.30 bits per heavy atom. The second-order valence-electron chi connectivity index (χ2n) is 6.15. The molecule has 2 aliphatic heterocycles. The summed E-state index contributed by atoms with van der Waals surface area (Å²) in [7, 11) is 0. The number of amides is 2. The largest absolute Gasteiger partial charge is 0.372 e. The molecule has 0 aliphatic carbocycles. The van der Waals surface area contributed by atoms with E-state index >= 15 is 0 Å². The number of nitrogens with zero attached hydrogens (tertiary/aromatic N) is 1. The van der Waals surface area contributed by atoms with E-state index in [1.54, 1.807) is 4.90 Å². The van der Waals surface area contributed by atoms with Gasteiger partial charge in [-0.25, -0.2) is 0 Å². The number of hydrogen-bond acceptors (Lipinski definition) is 4. The summed E-state index contributed by atoms with van der Waals surface area (Å²) in [5, 5.41) is 2.82. The summed E-state index contributed by atoms with van der Waals surface area (Å²) in [5.41, 5.74) is 8.33. The molecule has 124 valence electrons. The number of nitrogens with one attached hydrogen (secondary N) is 1. The van der Waals surface area contributed by atoms with E-state index in [-0.39, 0.29) is 17.7 Å². The summed E-state index contributed by atoms with van der Waals surface area (Å²) in [4.78, 5) is 26.6. The number of carbonyl (C=O) groups excluding carboxylic acids is 2. The molecule has 1 fully saturated rings. The third-order valence-electron chi connectivity index (χ3n) is 4.49. The maximum Gasteiger partial charge on any atom is 0.253 e. The first kappa shape index (κ1) is 16.0. The lowest BCUT2D eigenvalue weighted by Crippen LogP contribution is -2.46. The highest BCUT2D eigenvalue weighted by Crippen LogP contribution is 2.23. The number of fused-ring (bicyclic) bond motifs is 1. The second kappa shape index (κ2) is 7.10. The Kier molecular flexibility index (Phi) is 4.93. The monoisotopic (exact) mass is 317 g/mol. The molecule has 23 heavy (non-hydrogen) atoms. The molecule has 1 saturated heterocycles. The van der Waals surface area contributed by atoms with Gasteiger partial charge in [-0.3, -0.25) is 9.59 Å². The lowest BCUT2D eigenvalue weighted by atomic mass is 9.96. The van der Waals surface area contributed by atoms with E-state index < -0.39 is 0 Å². The van der Waals surface area contributed by atoms with Gasteiger partial charge in [-0.1, -0.05) is 6.07 Å². The predicted molar refractivity (Wildman–Crippen MR) is 85.6 cm³/mol. The fraction of sp³-hybridized carbons (Fsp3) is 0.529. The van der Waals surface area contributed by atoms with Crippen LogP contribution >= 0.6 is 0 Å². The lowest BCUT2D eigenvalue weighted by Gasteiger charge is -2.32. The molecular formula is C17H23N3O3. The number of rotatable bonds is 4. The maximum absolute atomic E-state index is 12.7. The van der Waals surface area contributed by atoms with Gasteiger partial charge in [0.05, 0.1) is 19.1 Å². The highest BCUT2D eigenvalue weighted by atomic mass is 16.5. The van der Waals surface area contributed by atoms with E-state index in [4.69, 9.17) is 10.5 Å². The van der Waals surface area contributed by atoms with Gasteiger partial charge in [-0.2, -0.15) is 0 Å². The van der Waals surface area contributed by atoms with Gasteiger partial charge < -0.3 is 20.7 Å². The molecular weight excluding hydrogens is 294 g/mol. The van der Waals surface area contributed by atoms with Crippen molar-refractivity contribution >= 4 is 11.8 Å². The quantitative estimate of drug-likeness (QED) is 0.854. The Hall–Kier alpha value is -1.92. The van der Waals surface area contributed by atoms with E-state index in [0.29, 0.717) is 45.0 Å². The minimum atomic E-state index is -0.142. The zero-order chi connectivity index (χ0) is 16.2. The molecule has 6 heteroatoms. The number of hydrogen-bond donors (Lipinski definition) is 2. The SMILES string of the molecule is NCCNC(=O)C1CCCN(C(=O)c2ccc3c(c2)COC3)C1. The number of carbonyl (C=O) groups is 2. The highest BCUT2D eigenvalue weighted by molar-refractivity contribution is 5.95. The lowest BCUT2D eigenvalue weighted by molar-refractivity contribution is -0.126. The van der Waals surface area contributed by atoms with Crippen molar-refractivity contribution in [2.45, 2.75) is 26.1 Å². The first-order chi connectivity index (χ1) is 11.2. The number of nitrogens with two attached hydrogens (primary N) is 1. The van der Waals surface area contributed by atoms with Crippen molar-refractivity contribution in [2.75, 3.05) is 26.2 Å². The van der Waals surface area contributed by atoms with Crippen LogP contribution in [0.25, 0.3) is 0 Å².